The number of hydrogen-bond acceptors (Lipinski definition) is 5. The van der Waals surface area contributed by atoms with Gasteiger partial charge in [0.15, 0.2) is 0 Å². The summed E-state index contributed by atoms with van der Waals surface area (Å²) in [6.07, 6.45) is 0.495. The number of amides is 2. The molecule has 0 atom stereocenters. The molecule has 0 radical (unpaired) electrons. The number of carbonyl (C=O) groups excluding carboxylic acids is 3. The number of carbonyl (C=O) groups is 3. The van der Waals surface area contributed by atoms with Crippen molar-refractivity contribution in [3.63, 3.8) is 0 Å². The molecule has 0 saturated carbocycles. The Morgan fingerprint density at radius 3 is 2.35 bits per heavy atom. The molecule has 134 valence electrons. The van der Waals surface area contributed by atoms with Gasteiger partial charge in [-0.2, -0.15) is 0 Å². The number of hydrogen-bond donors (Lipinski definition) is 0. The van der Waals surface area contributed by atoms with Crippen LogP contribution in [-0.2, 0) is 4.74 Å². The molecule has 2 aromatic carbocycles. The smallest absolute Gasteiger partial charge is 0.338 e. The number of benzene rings is 2. The Balaban J connectivity index is 1.52. The molecule has 0 unspecified atom stereocenters. The zero-order valence-electron chi connectivity index (χ0n) is 14.4. The molecule has 0 aliphatic carbocycles. The van der Waals surface area contributed by atoms with E-state index in [4.69, 9.17) is 9.47 Å². The normalized spacial score (nSPS) is 12.9. The SMILES string of the molecule is CCOC(=O)c1cccc(OCCCN2C(=O)c3ccccc3C2=O)c1. The molecule has 2 amide bonds. The van der Waals surface area contributed by atoms with Crippen molar-refractivity contribution in [3.05, 3.63) is 65.2 Å². The van der Waals surface area contributed by atoms with Crippen molar-refractivity contribution < 1.29 is 23.9 Å². The van der Waals surface area contributed by atoms with E-state index < -0.39 is 5.97 Å². The molecule has 0 saturated heterocycles. The minimum Gasteiger partial charge on any atom is -0.494 e. The second kappa shape index (κ2) is 7.82. The van der Waals surface area contributed by atoms with Crippen LogP contribution in [0.3, 0.4) is 0 Å². The Morgan fingerprint density at radius 1 is 1.00 bits per heavy atom. The first-order valence-electron chi connectivity index (χ1n) is 8.47. The fourth-order valence-corrected chi connectivity index (χ4v) is 2.78. The fourth-order valence-electron chi connectivity index (χ4n) is 2.78. The van der Waals surface area contributed by atoms with Gasteiger partial charge in [-0.1, -0.05) is 18.2 Å². The summed E-state index contributed by atoms with van der Waals surface area (Å²) in [6.45, 7) is 2.66. The van der Waals surface area contributed by atoms with Gasteiger partial charge in [0.2, 0.25) is 0 Å². The molecule has 1 heterocycles. The first-order valence-corrected chi connectivity index (χ1v) is 8.47. The number of ether oxygens (including phenoxy) is 2. The minimum absolute atomic E-state index is 0.269. The van der Waals surface area contributed by atoms with Crippen LogP contribution in [0, 0.1) is 0 Å². The summed E-state index contributed by atoms with van der Waals surface area (Å²) in [4.78, 5) is 37.5. The van der Waals surface area contributed by atoms with Gasteiger partial charge in [-0.25, -0.2) is 4.79 Å². The lowest BCUT2D eigenvalue weighted by Crippen LogP contribution is -2.31. The summed E-state index contributed by atoms with van der Waals surface area (Å²) in [5.74, 6) is -0.397. The molecular formula is C20H19NO5. The van der Waals surface area contributed by atoms with Crippen LogP contribution in [0.15, 0.2) is 48.5 Å². The van der Waals surface area contributed by atoms with Crippen molar-refractivity contribution in [1.82, 2.24) is 4.90 Å². The van der Waals surface area contributed by atoms with Crippen LogP contribution >= 0.6 is 0 Å². The van der Waals surface area contributed by atoms with E-state index in [9.17, 15) is 14.4 Å². The van der Waals surface area contributed by atoms with Gasteiger partial charge in [0.1, 0.15) is 5.75 Å². The third-order valence-electron chi connectivity index (χ3n) is 4.02. The van der Waals surface area contributed by atoms with E-state index >= 15 is 0 Å². The standard InChI is InChI=1S/C20H19NO5/c1-2-25-20(24)14-7-5-8-15(13-14)26-12-6-11-21-18(22)16-9-3-4-10-17(16)19(21)23/h3-5,7-10,13H,2,6,11-12H2,1H3. The van der Waals surface area contributed by atoms with Crippen LogP contribution in [0.1, 0.15) is 44.4 Å². The van der Waals surface area contributed by atoms with Crippen molar-refractivity contribution in [2.24, 2.45) is 0 Å². The van der Waals surface area contributed by atoms with Gasteiger partial charge in [0.25, 0.3) is 11.8 Å². The van der Waals surface area contributed by atoms with Crippen LogP contribution < -0.4 is 4.74 Å². The molecule has 0 fully saturated rings. The molecule has 3 rings (SSSR count). The van der Waals surface area contributed by atoms with E-state index in [0.29, 0.717) is 42.1 Å². The summed E-state index contributed by atoms with van der Waals surface area (Å²) in [6, 6.07) is 13.5. The summed E-state index contributed by atoms with van der Waals surface area (Å²) >= 11 is 0. The topological polar surface area (TPSA) is 72.9 Å². The fraction of sp³-hybridized carbons (Fsp3) is 0.250. The van der Waals surface area contributed by atoms with Crippen molar-refractivity contribution in [3.8, 4) is 5.75 Å². The molecule has 6 nitrogen and oxygen atoms in total. The van der Waals surface area contributed by atoms with Crippen LogP contribution in [0.2, 0.25) is 0 Å². The number of fused-ring (bicyclic) bond motifs is 1. The van der Waals surface area contributed by atoms with Gasteiger partial charge in [-0.3, -0.25) is 14.5 Å². The van der Waals surface area contributed by atoms with Gasteiger partial charge in [0.05, 0.1) is 29.9 Å². The minimum atomic E-state index is -0.399. The lowest BCUT2D eigenvalue weighted by Gasteiger charge is -2.14. The van der Waals surface area contributed by atoms with E-state index in [0.717, 1.165) is 0 Å². The Bertz CT molecular complexity index is 811. The first-order chi connectivity index (χ1) is 12.6. The van der Waals surface area contributed by atoms with Gasteiger partial charge in [-0.15, -0.1) is 0 Å². The molecule has 1 aliphatic heterocycles. The third kappa shape index (κ3) is 3.59. The lowest BCUT2D eigenvalue weighted by atomic mass is 10.1. The molecule has 6 heteroatoms. The van der Waals surface area contributed by atoms with Gasteiger partial charge in [0, 0.05) is 6.54 Å². The van der Waals surface area contributed by atoms with E-state index in [2.05, 4.69) is 0 Å². The summed E-state index contributed by atoms with van der Waals surface area (Å²) in [5, 5.41) is 0. The summed E-state index contributed by atoms with van der Waals surface area (Å²) in [5.41, 5.74) is 1.31. The third-order valence-corrected chi connectivity index (χ3v) is 4.02. The van der Waals surface area contributed by atoms with Crippen LogP contribution in [0.5, 0.6) is 5.75 Å². The molecule has 26 heavy (non-hydrogen) atoms. The highest BCUT2D eigenvalue weighted by molar-refractivity contribution is 6.21. The van der Waals surface area contributed by atoms with Crippen molar-refractivity contribution >= 4 is 17.8 Å². The lowest BCUT2D eigenvalue weighted by molar-refractivity contribution is 0.0524. The number of rotatable bonds is 7. The van der Waals surface area contributed by atoms with Crippen molar-refractivity contribution in [2.75, 3.05) is 19.8 Å². The first kappa shape index (κ1) is 17.7. The van der Waals surface area contributed by atoms with E-state index in [1.54, 1.807) is 55.5 Å². The average Bonchev–Trinajstić information content (AvgIpc) is 2.90. The average molecular weight is 353 g/mol. The second-order valence-electron chi connectivity index (χ2n) is 5.76. The Morgan fingerprint density at radius 2 is 1.69 bits per heavy atom. The van der Waals surface area contributed by atoms with Crippen LogP contribution in [0.25, 0.3) is 0 Å². The monoisotopic (exact) mass is 353 g/mol. The van der Waals surface area contributed by atoms with Crippen LogP contribution in [-0.4, -0.2) is 42.4 Å². The van der Waals surface area contributed by atoms with Crippen molar-refractivity contribution in [1.29, 1.82) is 0 Å². The molecule has 2 aromatic rings. The molecule has 0 bridgehead atoms. The highest BCUT2D eigenvalue weighted by Gasteiger charge is 2.34. The van der Waals surface area contributed by atoms with Crippen molar-refractivity contribution in [2.45, 2.75) is 13.3 Å². The molecule has 0 aromatic heterocycles. The summed E-state index contributed by atoms with van der Waals surface area (Å²) in [7, 11) is 0. The predicted molar refractivity (Wildman–Crippen MR) is 94.3 cm³/mol. The molecule has 0 N–H and O–H groups in total. The van der Waals surface area contributed by atoms with Gasteiger partial charge < -0.3 is 9.47 Å². The largest absolute Gasteiger partial charge is 0.494 e. The van der Waals surface area contributed by atoms with E-state index in [1.165, 1.54) is 4.90 Å². The predicted octanol–water partition coefficient (Wildman–Crippen LogP) is 2.93. The highest BCUT2D eigenvalue weighted by atomic mass is 16.5. The number of esters is 1. The number of nitrogens with zero attached hydrogens (tertiary/aromatic N) is 1. The maximum atomic E-state index is 12.3. The van der Waals surface area contributed by atoms with Gasteiger partial charge >= 0.3 is 5.97 Å². The van der Waals surface area contributed by atoms with E-state index in [1.807, 2.05) is 0 Å². The summed E-state index contributed by atoms with van der Waals surface area (Å²) < 4.78 is 10.6. The Labute approximate surface area is 151 Å². The molecular weight excluding hydrogens is 334 g/mol. The highest BCUT2D eigenvalue weighted by Crippen LogP contribution is 2.22. The maximum absolute atomic E-state index is 12.3. The van der Waals surface area contributed by atoms with Gasteiger partial charge in [-0.05, 0) is 43.7 Å². The molecule has 1 aliphatic rings. The number of imide groups is 1. The Hall–Kier alpha value is -3.15. The second-order valence-corrected chi connectivity index (χ2v) is 5.76. The zero-order chi connectivity index (χ0) is 18.5. The van der Waals surface area contributed by atoms with Crippen LogP contribution in [0.4, 0.5) is 0 Å². The quantitative estimate of drug-likeness (QED) is 0.435. The van der Waals surface area contributed by atoms with E-state index in [-0.39, 0.29) is 18.4 Å². The molecule has 0 spiro atoms. The maximum Gasteiger partial charge on any atom is 0.338 e. The Kier molecular flexibility index (Phi) is 5.31. The zero-order valence-corrected chi connectivity index (χ0v) is 14.4.